The molecule has 6 heteroatoms. The number of methoxy groups -OCH3 is 1. The predicted molar refractivity (Wildman–Crippen MR) is 87.3 cm³/mol. The number of rotatable bonds is 6. The molecule has 5 nitrogen and oxygen atoms in total. The number of ether oxygens (including phenoxy) is 2. The number of aromatic nitrogens is 2. The Morgan fingerprint density at radius 3 is 3.05 bits per heavy atom. The molecule has 1 atom stereocenters. The summed E-state index contributed by atoms with van der Waals surface area (Å²) in [5.74, 6) is 1.94. The van der Waals surface area contributed by atoms with Crippen molar-refractivity contribution in [1.82, 2.24) is 9.97 Å². The van der Waals surface area contributed by atoms with Crippen LogP contribution in [0.3, 0.4) is 0 Å². The Kier molecular flexibility index (Phi) is 5.02. The van der Waals surface area contributed by atoms with Crippen LogP contribution in [0.5, 0.6) is 0 Å². The molecule has 0 aromatic carbocycles. The minimum atomic E-state index is 0.364. The Morgan fingerprint density at radius 2 is 2.36 bits per heavy atom. The van der Waals surface area contributed by atoms with Gasteiger partial charge in [0.2, 0.25) is 0 Å². The second-order valence-corrected chi connectivity index (χ2v) is 6.47. The van der Waals surface area contributed by atoms with Crippen LogP contribution in [0.2, 0.25) is 0 Å². The van der Waals surface area contributed by atoms with Gasteiger partial charge < -0.3 is 14.8 Å². The lowest BCUT2D eigenvalue weighted by molar-refractivity contribution is 0.177. The number of nitrogens with one attached hydrogen (secondary N) is 1. The molecule has 0 unspecified atom stereocenters. The first kappa shape index (κ1) is 15.4. The minimum absolute atomic E-state index is 0.364. The zero-order valence-electron chi connectivity index (χ0n) is 13.0. The maximum atomic E-state index is 5.48. The fraction of sp³-hybridized carbons (Fsp3) is 0.500. The molecule has 118 valence electrons. The van der Waals surface area contributed by atoms with E-state index in [1.165, 1.54) is 10.4 Å². The van der Waals surface area contributed by atoms with E-state index in [4.69, 9.17) is 9.47 Å². The molecule has 2 aromatic heterocycles. The summed E-state index contributed by atoms with van der Waals surface area (Å²) in [5, 5.41) is 5.53. The summed E-state index contributed by atoms with van der Waals surface area (Å²) in [7, 11) is 1.66. The largest absolute Gasteiger partial charge is 0.381 e. The van der Waals surface area contributed by atoms with E-state index in [1.54, 1.807) is 18.4 Å². The van der Waals surface area contributed by atoms with Gasteiger partial charge in [-0.25, -0.2) is 9.97 Å². The second-order valence-electron chi connectivity index (χ2n) is 5.47. The highest BCUT2D eigenvalue weighted by atomic mass is 32.1. The monoisotopic (exact) mass is 319 g/mol. The van der Waals surface area contributed by atoms with Gasteiger partial charge in [0.05, 0.1) is 18.8 Å². The Labute approximate surface area is 134 Å². The van der Waals surface area contributed by atoms with Gasteiger partial charge in [-0.2, -0.15) is 0 Å². The van der Waals surface area contributed by atoms with Gasteiger partial charge in [-0.1, -0.05) is 0 Å². The van der Waals surface area contributed by atoms with E-state index in [-0.39, 0.29) is 0 Å². The zero-order valence-corrected chi connectivity index (χ0v) is 13.8. The molecule has 2 aromatic rings. The molecule has 1 saturated heterocycles. The van der Waals surface area contributed by atoms with E-state index in [0.717, 1.165) is 43.5 Å². The molecule has 0 spiro atoms. The molecule has 0 bridgehead atoms. The molecule has 0 aliphatic carbocycles. The molecule has 0 saturated carbocycles. The third-order valence-electron chi connectivity index (χ3n) is 3.81. The van der Waals surface area contributed by atoms with Gasteiger partial charge >= 0.3 is 0 Å². The van der Waals surface area contributed by atoms with E-state index in [2.05, 4.69) is 33.7 Å². The Bertz CT molecular complexity index is 624. The topological polar surface area (TPSA) is 56.3 Å². The summed E-state index contributed by atoms with van der Waals surface area (Å²) in [5.41, 5.74) is 2.36. The number of hydrogen-bond donors (Lipinski definition) is 1. The van der Waals surface area contributed by atoms with Crippen molar-refractivity contribution in [3.05, 3.63) is 39.5 Å². The summed E-state index contributed by atoms with van der Waals surface area (Å²) < 4.78 is 10.7. The summed E-state index contributed by atoms with van der Waals surface area (Å²) in [6.45, 7) is 4.89. The quantitative estimate of drug-likeness (QED) is 0.886. The molecule has 1 N–H and O–H groups in total. The molecule has 22 heavy (non-hydrogen) atoms. The molecule has 3 heterocycles. The SMILES string of the molecule is COCc1nc(NCc2sccc2C)cc([C@@H]2CCOC2)n1. The summed E-state index contributed by atoms with van der Waals surface area (Å²) in [6.07, 6.45) is 1.02. The van der Waals surface area contributed by atoms with Crippen molar-refractivity contribution in [1.29, 1.82) is 0 Å². The Hall–Kier alpha value is -1.50. The van der Waals surface area contributed by atoms with Gasteiger partial charge in [-0.3, -0.25) is 0 Å². The average molecular weight is 319 g/mol. The van der Waals surface area contributed by atoms with E-state index >= 15 is 0 Å². The van der Waals surface area contributed by atoms with Crippen LogP contribution in [0.15, 0.2) is 17.5 Å². The molecule has 1 aliphatic heterocycles. The lowest BCUT2D eigenvalue weighted by Gasteiger charge is -2.12. The second kappa shape index (κ2) is 7.17. The van der Waals surface area contributed by atoms with Crippen molar-refractivity contribution in [3.63, 3.8) is 0 Å². The lowest BCUT2D eigenvalue weighted by atomic mass is 10.0. The summed E-state index contributed by atoms with van der Waals surface area (Å²) >= 11 is 1.76. The van der Waals surface area contributed by atoms with E-state index in [9.17, 15) is 0 Å². The van der Waals surface area contributed by atoms with E-state index < -0.39 is 0 Å². The standard InChI is InChI=1S/C16H21N3O2S/c1-11-4-6-22-14(11)8-17-15-7-13(12-3-5-21-9-12)18-16(19-15)10-20-2/h4,6-7,12H,3,5,8-10H2,1-2H3,(H,17,18,19)/t12-/m1/s1. The highest BCUT2D eigenvalue weighted by Crippen LogP contribution is 2.26. The Balaban J connectivity index is 1.77. The van der Waals surface area contributed by atoms with Crippen LogP contribution in [0.1, 0.15) is 34.3 Å². The number of nitrogens with zero attached hydrogens (tertiary/aromatic N) is 2. The lowest BCUT2D eigenvalue weighted by Crippen LogP contribution is -2.10. The number of thiophene rings is 1. The maximum Gasteiger partial charge on any atom is 0.156 e. The van der Waals surface area contributed by atoms with Gasteiger partial charge in [0.1, 0.15) is 12.4 Å². The van der Waals surface area contributed by atoms with Crippen molar-refractivity contribution < 1.29 is 9.47 Å². The first-order valence-electron chi connectivity index (χ1n) is 7.47. The summed E-state index contributed by atoms with van der Waals surface area (Å²) in [6, 6.07) is 4.18. The van der Waals surface area contributed by atoms with Crippen molar-refractivity contribution in [2.24, 2.45) is 0 Å². The van der Waals surface area contributed by atoms with Crippen molar-refractivity contribution >= 4 is 17.2 Å². The number of aryl methyl sites for hydroxylation is 1. The van der Waals surface area contributed by atoms with Crippen LogP contribution in [0, 0.1) is 6.92 Å². The van der Waals surface area contributed by atoms with Crippen LogP contribution in [0.25, 0.3) is 0 Å². The van der Waals surface area contributed by atoms with Crippen LogP contribution >= 0.6 is 11.3 Å². The van der Waals surface area contributed by atoms with E-state index in [1.807, 2.05) is 6.07 Å². The van der Waals surface area contributed by atoms with Gasteiger partial charge in [0.25, 0.3) is 0 Å². The highest BCUT2D eigenvalue weighted by molar-refractivity contribution is 7.10. The van der Waals surface area contributed by atoms with Crippen LogP contribution in [0.4, 0.5) is 5.82 Å². The van der Waals surface area contributed by atoms with Gasteiger partial charge in [-0.15, -0.1) is 11.3 Å². The first-order chi connectivity index (χ1) is 10.8. The molecular formula is C16H21N3O2S. The fourth-order valence-corrected chi connectivity index (χ4v) is 3.38. The normalized spacial score (nSPS) is 17.8. The minimum Gasteiger partial charge on any atom is -0.381 e. The molecule has 3 rings (SSSR count). The highest BCUT2D eigenvalue weighted by Gasteiger charge is 2.20. The van der Waals surface area contributed by atoms with Gasteiger partial charge in [0, 0.05) is 30.6 Å². The maximum absolute atomic E-state index is 5.48. The summed E-state index contributed by atoms with van der Waals surface area (Å²) in [4.78, 5) is 10.5. The molecular weight excluding hydrogens is 298 g/mol. The molecule has 0 amide bonds. The van der Waals surface area contributed by atoms with Crippen LogP contribution < -0.4 is 5.32 Å². The number of hydrogen-bond acceptors (Lipinski definition) is 6. The van der Waals surface area contributed by atoms with Crippen molar-refractivity contribution in [2.45, 2.75) is 32.4 Å². The zero-order chi connectivity index (χ0) is 15.4. The molecule has 0 radical (unpaired) electrons. The molecule has 1 fully saturated rings. The predicted octanol–water partition coefficient (Wildman–Crippen LogP) is 3.11. The van der Waals surface area contributed by atoms with Gasteiger partial charge in [-0.05, 0) is 30.4 Å². The van der Waals surface area contributed by atoms with Crippen molar-refractivity contribution in [3.8, 4) is 0 Å². The average Bonchev–Trinajstić information content (AvgIpc) is 3.17. The number of anilines is 1. The fourth-order valence-electron chi connectivity index (χ4n) is 2.53. The van der Waals surface area contributed by atoms with Gasteiger partial charge in [0.15, 0.2) is 5.82 Å². The van der Waals surface area contributed by atoms with Crippen molar-refractivity contribution in [2.75, 3.05) is 25.6 Å². The van der Waals surface area contributed by atoms with E-state index in [0.29, 0.717) is 12.5 Å². The smallest absolute Gasteiger partial charge is 0.156 e. The van der Waals surface area contributed by atoms with Crippen LogP contribution in [-0.4, -0.2) is 30.3 Å². The third-order valence-corrected chi connectivity index (χ3v) is 4.83. The van der Waals surface area contributed by atoms with Crippen LogP contribution in [-0.2, 0) is 22.6 Å². The first-order valence-corrected chi connectivity index (χ1v) is 8.35. The third kappa shape index (κ3) is 3.63. The Morgan fingerprint density at radius 1 is 1.45 bits per heavy atom. The molecule has 1 aliphatic rings.